The molecule has 106 valence electrons. The number of piperidine rings is 1. The van der Waals surface area contributed by atoms with Gasteiger partial charge in [-0.15, -0.1) is 0 Å². The predicted octanol–water partition coefficient (Wildman–Crippen LogP) is 1.46. The first-order valence-electron chi connectivity index (χ1n) is 6.60. The summed E-state index contributed by atoms with van der Waals surface area (Å²) in [7, 11) is -3.52. The second-order valence-corrected chi connectivity index (χ2v) is 6.54. The highest BCUT2D eigenvalue weighted by Crippen LogP contribution is 2.22. The number of benzene rings is 1. The number of hydrogen-bond donors (Lipinski definition) is 2. The zero-order valence-corrected chi connectivity index (χ0v) is 12.0. The number of para-hydroxylation sites is 1. The molecular weight excluding hydrogens is 262 g/mol. The third kappa shape index (κ3) is 3.26. The van der Waals surface area contributed by atoms with E-state index in [1.807, 2.05) is 25.1 Å². The van der Waals surface area contributed by atoms with Gasteiger partial charge in [0.05, 0.1) is 5.69 Å². The van der Waals surface area contributed by atoms with Gasteiger partial charge >= 0.3 is 10.2 Å². The van der Waals surface area contributed by atoms with Gasteiger partial charge in [-0.1, -0.05) is 24.6 Å². The van der Waals surface area contributed by atoms with E-state index >= 15 is 0 Å². The molecule has 2 rings (SSSR count). The molecular formula is C13H21N3O2S. The molecule has 1 fully saturated rings. The third-order valence-electron chi connectivity index (χ3n) is 3.54. The van der Waals surface area contributed by atoms with E-state index in [4.69, 9.17) is 5.73 Å². The van der Waals surface area contributed by atoms with Gasteiger partial charge in [-0.3, -0.25) is 4.72 Å². The van der Waals surface area contributed by atoms with Crippen LogP contribution < -0.4 is 10.5 Å². The summed E-state index contributed by atoms with van der Waals surface area (Å²) in [4.78, 5) is 0. The van der Waals surface area contributed by atoms with Gasteiger partial charge < -0.3 is 5.73 Å². The fourth-order valence-electron chi connectivity index (χ4n) is 2.41. The highest BCUT2D eigenvalue weighted by Gasteiger charge is 2.31. The summed E-state index contributed by atoms with van der Waals surface area (Å²) in [5.74, 6) is 0. The maximum absolute atomic E-state index is 12.4. The molecule has 1 saturated heterocycles. The van der Waals surface area contributed by atoms with Crippen molar-refractivity contribution >= 4 is 15.9 Å². The van der Waals surface area contributed by atoms with Gasteiger partial charge in [-0.2, -0.15) is 12.7 Å². The molecule has 0 spiro atoms. The molecule has 0 bridgehead atoms. The van der Waals surface area contributed by atoms with Crippen LogP contribution in [0.15, 0.2) is 24.3 Å². The quantitative estimate of drug-likeness (QED) is 0.878. The predicted molar refractivity (Wildman–Crippen MR) is 77.1 cm³/mol. The Kier molecular flexibility index (Phi) is 4.44. The van der Waals surface area contributed by atoms with Gasteiger partial charge in [0.25, 0.3) is 0 Å². The van der Waals surface area contributed by atoms with Crippen LogP contribution in [0.5, 0.6) is 0 Å². The lowest BCUT2D eigenvalue weighted by molar-refractivity contribution is 0.259. The minimum Gasteiger partial charge on any atom is -0.329 e. The smallest absolute Gasteiger partial charge is 0.301 e. The molecule has 1 aromatic carbocycles. The average molecular weight is 283 g/mol. The minimum absolute atomic E-state index is 0.0877. The summed E-state index contributed by atoms with van der Waals surface area (Å²) in [5.41, 5.74) is 7.22. The number of nitrogens with zero attached hydrogens (tertiary/aromatic N) is 1. The monoisotopic (exact) mass is 283 g/mol. The van der Waals surface area contributed by atoms with Crippen molar-refractivity contribution in [3.05, 3.63) is 29.8 Å². The maximum Gasteiger partial charge on any atom is 0.301 e. The summed E-state index contributed by atoms with van der Waals surface area (Å²) in [6.45, 7) is 2.80. The van der Waals surface area contributed by atoms with E-state index in [2.05, 4.69) is 4.72 Å². The van der Waals surface area contributed by atoms with Crippen LogP contribution >= 0.6 is 0 Å². The van der Waals surface area contributed by atoms with Gasteiger partial charge in [0.1, 0.15) is 0 Å². The molecule has 19 heavy (non-hydrogen) atoms. The molecule has 1 aliphatic heterocycles. The lowest BCUT2D eigenvalue weighted by Crippen LogP contribution is -2.49. The standard InChI is InChI=1S/C13H21N3O2S/c1-11-6-2-3-8-13(11)15-19(17,18)16-9-5-4-7-12(16)10-14/h2-3,6,8,12,15H,4-5,7,9-10,14H2,1H3. The molecule has 1 aromatic rings. The van der Waals surface area contributed by atoms with Crippen molar-refractivity contribution in [2.45, 2.75) is 32.2 Å². The van der Waals surface area contributed by atoms with E-state index in [9.17, 15) is 8.42 Å². The highest BCUT2D eigenvalue weighted by molar-refractivity contribution is 7.90. The van der Waals surface area contributed by atoms with Crippen molar-refractivity contribution in [2.75, 3.05) is 17.8 Å². The van der Waals surface area contributed by atoms with Crippen LogP contribution in [0.3, 0.4) is 0 Å². The summed E-state index contributed by atoms with van der Waals surface area (Å²) in [6.07, 6.45) is 2.77. The van der Waals surface area contributed by atoms with Gasteiger partial charge in [0.15, 0.2) is 0 Å². The molecule has 0 aliphatic carbocycles. The van der Waals surface area contributed by atoms with Crippen LogP contribution in [0, 0.1) is 6.92 Å². The topological polar surface area (TPSA) is 75.4 Å². The first-order chi connectivity index (χ1) is 9.04. The van der Waals surface area contributed by atoms with E-state index in [1.165, 1.54) is 4.31 Å². The number of rotatable bonds is 4. The fraction of sp³-hybridized carbons (Fsp3) is 0.538. The molecule has 6 heteroatoms. The van der Waals surface area contributed by atoms with Crippen molar-refractivity contribution < 1.29 is 8.42 Å². The Hall–Kier alpha value is -1.11. The number of hydrogen-bond acceptors (Lipinski definition) is 3. The molecule has 0 radical (unpaired) electrons. The molecule has 3 N–H and O–H groups in total. The molecule has 5 nitrogen and oxygen atoms in total. The van der Waals surface area contributed by atoms with Gasteiger partial charge in [0, 0.05) is 19.1 Å². The fourth-order valence-corrected chi connectivity index (χ4v) is 3.99. The average Bonchev–Trinajstić information content (AvgIpc) is 2.41. The van der Waals surface area contributed by atoms with Crippen LogP contribution in [-0.4, -0.2) is 31.9 Å². The van der Waals surface area contributed by atoms with Gasteiger partial charge in [-0.25, -0.2) is 0 Å². The second kappa shape index (κ2) is 5.90. The Balaban J connectivity index is 2.20. The second-order valence-electron chi connectivity index (χ2n) is 4.92. The summed E-state index contributed by atoms with van der Waals surface area (Å²) in [6, 6.07) is 7.27. The number of anilines is 1. The molecule has 0 saturated carbocycles. The van der Waals surface area contributed by atoms with Crippen molar-refractivity contribution in [1.29, 1.82) is 0 Å². The number of nitrogens with two attached hydrogens (primary N) is 1. The highest BCUT2D eigenvalue weighted by atomic mass is 32.2. The van der Waals surface area contributed by atoms with E-state index < -0.39 is 10.2 Å². The molecule has 1 heterocycles. The van der Waals surface area contributed by atoms with Crippen LogP contribution in [-0.2, 0) is 10.2 Å². The van der Waals surface area contributed by atoms with Crippen LogP contribution in [0.1, 0.15) is 24.8 Å². The summed E-state index contributed by atoms with van der Waals surface area (Å²) < 4.78 is 29.0. The zero-order chi connectivity index (χ0) is 13.9. The van der Waals surface area contributed by atoms with E-state index in [0.717, 1.165) is 24.8 Å². The molecule has 1 unspecified atom stereocenters. The molecule has 0 aromatic heterocycles. The van der Waals surface area contributed by atoms with Gasteiger partial charge in [-0.05, 0) is 31.4 Å². The Morgan fingerprint density at radius 3 is 2.79 bits per heavy atom. The summed E-state index contributed by atoms with van der Waals surface area (Å²) >= 11 is 0. The first-order valence-corrected chi connectivity index (χ1v) is 8.04. The summed E-state index contributed by atoms with van der Waals surface area (Å²) in [5, 5.41) is 0. The number of nitrogens with one attached hydrogen (secondary N) is 1. The van der Waals surface area contributed by atoms with E-state index in [1.54, 1.807) is 6.07 Å². The van der Waals surface area contributed by atoms with E-state index in [-0.39, 0.29) is 6.04 Å². The Labute approximate surface area is 115 Å². The minimum atomic E-state index is -3.52. The SMILES string of the molecule is Cc1ccccc1NS(=O)(=O)N1CCCCC1CN. The molecule has 0 amide bonds. The zero-order valence-electron chi connectivity index (χ0n) is 11.2. The first kappa shape index (κ1) is 14.3. The van der Waals surface area contributed by atoms with Crippen LogP contribution in [0.25, 0.3) is 0 Å². The van der Waals surface area contributed by atoms with Crippen molar-refractivity contribution in [1.82, 2.24) is 4.31 Å². The van der Waals surface area contributed by atoms with Crippen LogP contribution in [0.2, 0.25) is 0 Å². The van der Waals surface area contributed by atoms with E-state index in [0.29, 0.717) is 18.8 Å². The Morgan fingerprint density at radius 1 is 1.37 bits per heavy atom. The molecule has 1 atom stereocenters. The molecule has 1 aliphatic rings. The largest absolute Gasteiger partial charge is 0.329 e. The van der Waals surface area contributed by atoms with Crippen LogP contribution in [0.4, 0.5) is 5.69 Å². The lowest BCUT2D eigenvalue weighted by atomic mass is 10.1. The van der Waals surface area contributed by atoms with Crippen molar-refractivity contribution in [3.8, 4) is 0 Å². The Bertz CT molecular complexity index is 530. The van der Waals surface area contributed by atoms with Gasteiger partial charge in [0.2, 0.25) is 0 Å². The number of aryl methyl sites for hydroxylation is 1. The third-order valence-corrected chi connectivity index (χ3v) is 5.11. The lowest BCUT2D eigenvalue weighted by Gasteiger charge is -2.34. The van der Waals surface area contributed by atoms with Crippen molar-refractivity contribution in [2.24, 2.45) is 5.73 Å². The normalized spacial score (nSPS) is 21.3. The Morgan fingerprint density at radius 2 is 2.11 bits per heavy atom. The van der Waals surface area contributed by atoms with Crippen molar-refractivity contribution in [3.63, 3.8) is 0 Å². The maximum atomic E-state index is 12.4.